The Bertz CT molecular complexity index is 1270. The van der Waals surface area contributed by atoms with Crippen molar-refractivity contribution >= 4 is 45.7 Å². The second-order valence-corrected chi connectivity index (χ2v) is 13.2. The summed E-state index contributed by atoms with van der Waals surface area (Å²) in [5, 5.41) is 3.15. The second kappa shape index (κ2) is 11.3. The van der Waals surface area contributed by atoms with Gasteiger partial charge in [-0.2, -0.15) is 0 Å². The van der Waals surface area contributed by atoms with Crippen molar-refractivity contribution in [2.45, 2.75) is 56.4 Å². The number of ketones is 1. The van der Waals surface area contributed by atoms with Crippen molar-refractivity contribution in [3.05, 3.63) is 34.7 Å². The number of carbonyl (C=O) groups is 3. The number of anilines is 1. The predicted molar refractivity (Wildman–Crippen MR) is 153 cm³/mol. The molecule has 1 aromatic heterocycles. The molecule has 0 spiro atoms. The number of hydrogen-bond acceptors (Lipinski definition) is 8. The van der Waals surface area contributed by atoms with Gasteiger partial charge in [-0.25, -0.2) is 9.37 Å². The molecule has 3 fully saturated rings. The van der Waals surface area contributed by atoms with Crippen LogP contribution in [0, 0.1) is 6.92 Å². The highest BCUT2D eigenvalue weighted by molar-refractivity contribution is 7.16. The summed E-state index contributed by atoms with van der Waals surface area (Å²) in [5.41, 5.74) is 0.358. The minimum absolute atomic E-state index is 0.0956. The first-order chi connectivity index (χ1) is 18.9. The van der Waals surface area contributed by atoms with Gasteiger partial charge in [0.25, 0.3) is 5.91 Å². The van der Waals surface area contributed by atoms with Crippen LogP contribution in [0.4, 0.5) is 9.52 Å². The molecule has 0 bridgehead atoms. The fourth-order valence-electron chi connectivity index (χ4n) is 5.51. The van der Waals surface area contributed by atoms with E-state index in [0.29, 0.717) is 5.56 Å². The Morgan fingerprint density at radius 1 is 1.23 bits per heavy atom. The number of carbonyl (C=O) groups excluding carboxylic acids is 3. The third-order valence-corrected chi connectivity index (χ3v) is 9.10. The van der Waals surface area contributed by atoms with Crippen LogP contribution < -0.4 is 10.2 Å². The zero-order valence-electron chi connectivity index (χ0n) is 23.2. The molecular formula is C28H35ClFN5O4S. The Balaban J connectivity index is 1.30. The molecule has 12 heteroatoms. The van der Waals surface area contributed by atoms with Gasteiger partial charge in [0, 0.05) is 55.1 Å². The molecule has 2 amide bonds. The van der Waals surface area contributed by atoms with Gasteiger partial charge < -0.3 is 24.8 Å². The molecule has 40 heavy (non-hydrogen) atoms. The maximum absolute atomic E-state index is 14.7. The van der Waals surface area contributed by atoms with E-state index in [1.807, 2.05) is 19.1 Å². The van der Waals surface area contributed by atoms with Gasteiger partial charge >= 0.3 is 0 Å². The average molecular weight is 592 g/mol. The van der Waals surface area contributed by atoms with Gasteiger partial charge in [-0.3, -0.25) is 14.4 Å². The van der Waals surface area contributed by atoms with Crippen LogP contribution in [-0.4, -0.2) is 108 Å². The number of thiazole rings is 1. The van der Waals surface area contributed by atoms with Crippen LogP contribution in [0.15, 0.2) is 24.3 Å². The zero-order chi connectivity index (χ0) is 28.8. The Morgan fingerprint density at radius 2 is 1.90 bits per heavy atom. The summed E-state index contributed by atoms with van der Waals surface area (Å²) in [5.74, 6) is -1.29. The number of rotatable bonds is 7. The molecule has 9 nitrogen and oxygen atoms in total. The lowest BCUT2D eigenvalue weighted by Crippen LogP contribution is -2.53. The van der Waals surface area contributed by atoms with Gasteiger partial charge in [-0.1, -0.05) is 12.1 Å². The lowest BCUT2D eigenvalue weighted by atomic mass is 9.98. The van der Waals surface area contributed by atoms with Crippen molar-refractivity contribution < 1.29 is 23.5 Å². The molecular weight excluding hydrogens is 557 g/mol. The number of halogens is 2. The van der Waals surface area contributed by atoms with Crippen molar-refractivity contribution in [1.82, 2.24) is 20.1 Å². The molecule has 216 valence electrons. The van der Waals surface area contributed by atoms with Gasteiger partial charge in [0.1, 0.15) is 30.5 Å². The fraction of sp³-hybridized carbons (Fsp3) is 0.571. The number of nitrogens with zero attached hydrogens (tertiary/aromatic N) is 4. The van der Waals surface area contributed by atoms with Gasteiger partial charge in [-0.05, 0) is 40.0 Å². The molecule has 3 aliphatic heterocycles. The Kier molecular flexibility index (Phi) is 8.20. The first-order valence-corrected chi connectivity index (χ1v) is 14.8. The largest absolute Gasteiger partial charge is 0.366 e. The van der Waals surface area contributed by atoms with Crippen molar-refractivity contribution in [2.75, 3.05) is 51.3 Å². The molecule has 0 aliphatic carbocycles. The van der Waals surface area contributed by atoms with Crippen molar-refractivity contribution in [3.63, 3.8) is 0 Å². The van der Waals surface area contributed by atoms with Crippen LogP contribution in [0.25, 0.3) is 11.3 Å². The average Bonchev–Trinajstić information content (AvgIpc) is 3.58. The van der Waals surface area contributed by atoms with E-state index in [4.69, 9.17) is 21.3 Å². The van der Waals surface area contributed by atoms with E-state index in [-0.39, 0.29) is 25.4 Å². The normalized spacial score (nSPS) is 24.4. The summed E-state index contributed by atoms with van der Waals surface area (Å²) in [7, 11) is 2.12. The molecule has 4 heterocycles. The molecule has 0 radical (unpaired) electrons. The predicted octanol–water partition coefficient (Wildman–Crippen LogP) is 2.89. The molecule has 1 aromatic carbocycles. The third-order valence-electron chi connectivity index (χ3n) is 7.68. The number of alkyl halides is 2. The number of likely N-dealkylation sites (N-methyl/N-ethyl adjacent to an activating group) is 1. The minimum Gasteiger partial charge on any atom is -0.366 e. The van der Waals surface area contributed by atoms with E-state index in [9.17, 15) is 18.8 Å². The lowest BCUT2D eigenvalue weighted by Gasteiger charge is -2.32. The molecule has 4 atom stereocenters. The van der Waals surface area contributed by atoms with Gasteiger partial charge in [0.2, 0.25) is 5.91 Å². The van der Waals surface area contributed by atoms with Crippen molar-refractivity contribution in [3.8, 4) is 11.3 Å². The number of fused-ring (bicyclic) bond motifs is 1. The SMILES string of the molecule is Cc1sc(N2CCN(C)CC2)nc1-c1ccc(C(=O)NC(CC(C)(C)F)C(=O)N2CC(Cl)C3OCC(=O)C32)cc1. The molecule has 3 aliphatic rings. The maximum Gasteiger partial charge on any atom is 0.251 e. The lowest BCUT2D eigenvalue weighted by molar-refractivity contribution is -0.138. The molecule has 0 saturated carbocycles. The van der Waals surface area contributed by atoms with E-state index in [1.165, 1.54) is 18.7 Å². The van der Waals surface area contributed by atoms with Crippen LogP contribution in [0.3, 0.4) is 0 Å². The number of benzene rings is 1. The number of piperazine rings is 1. The van der Waals surface area contributed by atoms with E-state index in [0.717, 1.165) is 47.4 Å². The van der Waals surface area contributed by atoms with Crippen LogP contribution in [-0.2, 0) is 14.3 Å². The highest BCUT2D eigenvalue weighted by Gasteiger charge is 2.53. The van der Waals surface area contributed by atoms with E-state index >= 15 is 0 Å². The quantitative estimate of drug-likeness (QED) is 0.495. The van der Waals surface area contributed by atoms with E-state index in [2.05, 4.69) is 22.2 Å². The monoisotopic (exact) mass is 591 g/mol. The number of nitrogens with one attached hydrogen (secondary N) is 1. The van der Waals surface area contributed by atoms with Crippen molar-refractivity contribution in [1.29, 1.82) is 0 Å². The number of likely N-dealkylation sites (tertiary alicyclic amines) is 1. The topological polar surface area (TPSA) is 95.1 Å². The third kappa shape index (κ3) is 6.02. The summed E-state index contributed by atoms with van der Waals surface area (Å²) in [6.45, 7) is 8.58. The maximum atomic E-state index is 14.7. The smallest absolute Gasteiger partial charge is 0.251 e. The van der Waals surface area contributed by atoms with Crippen LogP contribution in [0.1, 0.15) is 35.5 Å². The zero-order valence-corrected chi connectivity index (χ0v) is 24.7. The number of aryl methyl sites for hydroxylation is 1. The Labute approximate surface area is 242 Å². The van der Waals surface area contributed by atoms with Crippen LogP contribution in [0.2, 0.25) is 0 Å². The van der Waals surface area contributed by atoms with E-state index in [1.54, 1.807) is 23.5 Å². The Hall–Kier alpha value is -2.60. The number of aromatic nitrogens is 1. The van der Waals surface area contributed by atoms with Gasteiger partial charge in [0.05, 0.1) is 11.1 Å². The Morgan fingerprint density at radius 3 is 2.55 bits per heavy atom. The summed E-state index contributed by atoms with van der Waals surface area (Å²) in [4.78, 5) is 51.0. The molecule has 4 unspecified atom stereocenters. The van der Waals surface area contributed by atoms with Crippen LogP contribution in [0.5, 0.6) is 0 Å². The number of ether oxygens (including phenoxy) is 1. The molecule has 5 rings (SSSR count). The minimum atomic E-state index is -1.74. The second-order valence-electron chi connectivity index (χ2n) is 11.4. The van der Waals surface area contributed by atoms with Gasteiger partial charge in [0.15, 0.2) is 10.9 Å². The summed E-state index contributed by atoms with van der Waals surface area (Å²) in [6.07, 6.45) is -0.843. The van der Waals surface area contributed by atoms with Crippen molar-refractivity contribution in [2.24, 2.45) is 0 Å². The summed E-state index contributed by atoms with van der Waals surface area (Å²) >= 11 is 8.00. The fourth-order valence-corrected chi connectivity index (χ4v) is 6.86. The standard InChI is InChI=1S/C28H35ClFN5O4S/c1-16-22(32-27(40-16)34-11-9-33(4)10-12-34)17-5-7-18(8-6-17)25(37)31-20(13-28(2,3)30)26(38)35-14-19(29)24-23(35)21(36)15-39-24/h5-8,19-20,23-24H,9-15H2,1-4H3,(H,31,37). The number of amides is 2. The molecule has 3 saturated heterocycles. The molecule has 1 N–H and O–H groups in total. The number of hydrogen-bond donors (Lipinski definition) is 1. The van der Waals surface area contributed by atoms with Crippen LogP contribution >= 0.6 is 22.9 Å². The van der Waals surface area contributed by atoms with E-state index < -0.39 is 41.0 Å². The number of Topliss-reactive ketones (excluding diaryl/α,β-unsaturated/α-hetero) is 1. The summed E-state index contributed by atoms with van der Waals surface area (Å²) < 4.78 is 20.2. The highest BCUT2D eigenvalue weighted by atomic mass is 35.5. The molecule has 2 aromatic rings. The highest BCUT2D eigenvalue weighted by Crippen LogP contribution is 2.34. The first kappa shape index (κ1) is 28.9. The van der Waals surface area contributed by atoms with Gasteiger partial charge in [-0.15, -0.1) is 22.9 Å². The first-order valence-electron chi connectivity index (χ1n) is 13.5. The summed E-state index contributed by atoms with van der Waals surface area (Å²) in [6, 6.07) is 5.03.